The molecule has 0 bridgehead atoms. The third kappa shape index (κ3) is 5.42. The van der Waals surface area contributed by atoms with Gasteiger partial charge in [0.2, 0.25) is 5.91 Å². The Morgan fingerprint density at radius 1 is 1.42 bits per heavy atom. The first kappa shape index (κ1) is 20.2. The van der Waals surface area contributed by atoms with Gasteiger partial charge in [0.05, 0.1) is 5.75 Å². The van der Waals surface area contributed by atoms with Crippen molar-refractivity contribution in [1.82, 2.24) is 10.2 Å². The summed E-state index contributed by atoms with van der Waals surface area (Å²) in [5.74, 6) is -0.575. The van der Waals surface area contributed by atoms with Crippen LogP contribution in [0.3, 0.4) is 0 Å². The van der Waals surface area contributed by atoms with Gasteiger partial charge in [-0.1, -0.05) is 12.1 Å². The Labute approximate surface area is 153 Å². The molecule has 1 unspecified atom stereocenters. The fourth-order valence-corrected chi connectivity index (χ4v) is 4.39. The highest BCUT2D eigenvalue weighted by atomic mass is 32.2. The average molecular weight is 384 g/mol. The number of sulfone groups is 1. The number of guanidine groups is 1. The molecule has 1 fully saturated rings. The number of primary amides is 1. The fraction of sp³-hybridized carbons (Fsp3) is 0.529. The summed E-state index contributed by atoms with van der Waals surface area (Å²) in [6.45, 7) is 1.53. The predicted molar refractivity (Wildman–Crippen MR) is 97.9 cm³/mol. The van der Waals surface area contributed by atoms with Crippen LogP contribution in [0.5, 0.6) is 0 Å². The highest BCUT2D eigenvalue weighted by Gasteiger charge is 2.24. The minimum Gasteiger partial charge on any atom is -0.370 e. The molecule has 1 atom stereocenters. The standard InChI is InChI=1S/C17H25FN4O3S/c1-20-17(22-9-4-5-13(12-22)11-16(19)23)21-8-10-26(24,25)15-7-3-2-6-14(15)18/h2-3,6-7,13H,4-5,8-12H2,1H3,(H2,19,23)(H,20,21). The lowest BCUT2D eigenvalue weighted by Gasteiger charge is -2.34. The van der Waals surface area contributed by atoms with Crippen molar-refractivity contribution in [1.29, 1.82) is 0 Å². The van der Waals surface area contributed by atoms with Crippen LogP contribution in [0, 0.1) is 11.7 Å². The maximum atomic E-state index is 13.7. The summed E-state index contributed by atoms with van der Waals surface area (Å²) in [7, 11) is -2.11. The van der Waals surface area contributed by atoms with E-state index < -0.39 is 15.7 Å². The molecule has 0 aliphatic carbocycles. The van der Waals surface area contributed by atoms with Gasteiger partial charge in [0.1, 0.15) is 10.7 Å². The van der Waals surface area contributed by atoms with Gasteiger partial charge in [-0.05, 0) is 30.9 Å². The molecule has 1 heterocycles. The Morgan fingerprint density at radius 2 is 2.15 bits per heavy atom. The number of piperidine rings is 1. The van der Waals surface area contributed by atoms with Crippen LogP contribution >= 0.6 is 0 Å². The molecule has 1 aliphatic heterocycles. The number of carbonyl (C=O) groups excluding carboxylic acids is 1. The topological polar surface area (TPSA) is 105 Å². The summed E-state index contributed by atoms with van der Waals surface area (Å²) in [5.41, 5.74) is 5.27. The second kappa shape index (κ2) is 8.98. The van der Waals surface area contributed by atoms with Crippen molar-refractivity contribution in [3.05, 3.63) is 30.1 Å². The van der Waals surface area contributed by atoms with E-state index in [0.717, 1.165) is 25.5 Å². The number of nitrogens with zero attached hydrogens (tertiary/aromatic N) is 2. The van der Waals surface area contributed by atoms with Gasteiger partial charge in [0.15, 0.2) is 15.8 Å². The summed E-state index contributed by atoms with van der Waals surface area (Å²) in [5, 5.41) is 3.02. The number of amides is 1. The van der Waals surface area contributed by atoms with Crippen LogP contribution in [-0.2, 0) is 14.6 Å². The smallest absolute Gasteiger partial charge is 0.217 e. The van der Waals surface area contributed by atoms with Gasteiger partial charge >= 0.3 is 0 Å². The van der Waals surface area contributed by atoms with Crippen LogP contribution in [0.25, 0.3) is 0 Å². The SMILES string of the molecule is CN=C(NCCS(=O)(=O)c1ccccc1F)N1CCCC(CC(N)=O)C1. The zero-order valence-electron chi connectivity index (χ0n) is 14.8. The number of benzene rings is 1. The van der Waals surface area contributed by atoms with Gasteiger partial charge in [-0.25, -0.2) is 12.8 Å². The highest BCUT2D eigenvalue weighted by Crippen LogP contribution is 2.19. The molecule has 1 aliphatic rings. The molecule has 144 valence electrons. The summed E-state index contributed by atoms with van der Waals surface area (Å²) < 4.78 is 38.3. The number of aliphatic imine (C=N–C) groups is 1. The molecule has 0 radical (unpaired) electrons. The lowest BCUT2D eigenvalue weighted by molar-refractivity contribution is -0.119. The molecular weight excluding hydrogens is 359 g/mol. The quantitative estimate of drug-likeness (QED) is 0.557. The van der Waals surface area contributed by atoms with Crippen molar-refractivity contribution in [2.24, 2.45) is 16.6 Å². The van der Waals surface area contributed by atoms with Crippen molar-refractivity contribution < 1.29 is 17.6 Å². The Morgan fingerprint density at radius 3 is 2.81 bits per heavy atom. The van der Waals surface area contributed by atoms with Crippen LogP contribution in [0.4, 0.5) is 4.39 Å². The molecule has 7 nitrogen and oxygen atoms in total. The normalized spacial score (nSPS) is 18.6. The third-order valence-corrected chi connectivity index (χ3v) is 6.09. The number of rotatable bonds is 6. The first-order valence-corrected chi connectivity index (χ1v) is 10.2. The van der Waals surface area contributed by atoms with E-state index in [0.29, 0.717) is 18.9 Å². The van der Waals surface area contributed by atoms with Gasteiger partial charge < -0.3 is 16.0 Å². The van der Waals surface area contributed by atoms with Crippen LogP contribution < -0.4 is 11.1 Å². The summed E-state index contributed by atoms with van der Waals surface area (Å²) in [4.78, 5) is 17.0. The molecule has 9 heteroatoms. The number of likely N-dealkylation sites (tertiary alicyclic amines) is 1. The van der Waals surface area contributed by atoms with E-state index in [1.165, 1.54) is 18.2 Å². The zero-order chi connectivity index (χ0) is 19.2. The average Bonchev–Trinajstić information content (AvgIpc) is 2.58. The van der Waals surface area contributed by atoms with Crippen molar-refractivity contribution in [3.8, 4) is 0 Å². The Kier molecular flexibility index (Phi) is 6.96. The molecule has 1 aromatic carbocycles. The lowest BCUT2D eigenvalue weighted by atomic mass is 9.95. The number of hydrogen-bond donors (Lipinski definition) is 2. The molecular formula is C17H25FN4O3S. The largest absolute Gasteiger partial charge is 0.370 e. The highest BCUT2D eigenvalue weighted by molar-refractivity contribution is 7.91. The second-order valence-corrected chi connectivity index (χ2v) is 8.43. The lowest BCUT2D eigenvalue weighted by Crippen LogP contribution is -2.48. The maximum absolute atomic E-state index is 13.7. The molecule has 2 rings (SSSR count). The maximum Gasteiger partial charge on any atom is 0.217 e. The minimum absolute atomic E-state index is 0.111. The summed E-state index contributed by atoms with van der Waals surface area (Å²) in [6.07, 6.45) is 2.17. The van der Waals surface area contributed by atoms with E-state index in [1.807, 2.05) is 4.90 Å². The van der Waals surface area contributed by atoms with Crippen LogP contribution in [0.2, 0.25) is 0 Å². The Hall–Kier alpha value is -2.16. The van der Waals surface area contributed by atoms with E-state index in [-0.39, 0.29) is 29.0 Å². The van der Waals surface area contributed by atoms with E-state index in [2.05, 4.69) is 10.3 Å². The molecule has 1 amide bonds. The van der Waals surface area contributed by atoms with Crippen LogP contribution in [-0.4, -0.2) is 57.6 Å². The molecule has 0 aromatic heterocycles. The molecule has 0 spiro atoms. The molecule has 1 saturated heterocycles. The van der Waals surface area contributed by atoms with Gasteiger partial charge in [-0.15, -0.1) is 0 Å². The van der Waals surface area contributed by atoms with Gasteiger partial charge in [0.25, 0.3) is 0 Å². The number of carbonyl (C=O) groups is 1. The van der Waals surface area contributed by atoms with E-state index in [1.54, 1.807) is 7.05 Å². The molecule has 1 aromatic rings. The summed E-state index contributed by atoms with van der Waals surface area (Å²) >= 11 is 0. The van der Waals surface area contributed by atoms with Gasteiger partial charge in [-0.2, -0.15) is 0 Å². The van der Waals surface area contributed by atoms with Crippen molar-refractivity contribution >= 4 is 21.7 Å². The minimum atomic E-state index is -3.72. The van der Waals surface area contributed by atoms with E-state index in [9.17, 15) is 17.6 Å². The number of nitrogens with two attached hydrogens (primary N) is 1. The number of halogens is 1. The number of nitrogens with one attached hydrogen (secondary N) is 1. The van der Waals surface area contributed by atoms with Crippen LogP contribution in [0.1, 0.15) is 19.3 Å². The second-order valence-electron chi connectivity index (χ2n) is 6.35. The van der Waals surface area contributed by atoms with Crippen LogP contribution in [0.15, 0.2) is 34.2 Å². The van der Waals surface area contributed by atoms with Crippen molar-refractivity contribution in [2.75, 3.05) is 32.4 Å². The Balaban J connectivity index is 1.93. The molecule has 26 heavy (non-hydrogen) atoms. The third-order valence-electron chi connectivity index (χ3n) is 4.35. The van der Waals surface area contributed by atoms with Crippen molar-refractivity contribution in [2.45, 2.75) is 24.2 Å². The van der Waals surface area contributed by atoms with E-state index >= 15 is 0 Å². The fourth-order valence-electron chi connectivity index (χ4n) is 3.14. The zero-order valence-corrected chi connectivity index (χ0v) is 15.6. The van der Waals surface area contributed by atoms with Gasteiger partial charge in [0, 0.05) is 33.1 Å². The van der Waals surface area contributed by atoms with E-state index in [4.69, 9.17) is 5.73 Å². The monoisotopic (exact) mass is 384 g/mol. The van der Waals surface area contributed by atoms with Crippen molar-refractivity contribution in [3.63, 3.8) is 0 Å². The Bertz CT molecular complexity index is 767. The molecule has 0 saturated carbocycles. The number of hydrogen-bond acceptors (Lipinski definition) is 4. The van der Waals surface area contributed by atoms with Gasteiger partial charge in [-0.3, -0.25) is 9.79 Å². The molecule has 3 N–H and O–H groups in total. The predicted octanol–water partition coefficient (Wildman–Crippen LogP) is 0.762. The first-order chi connectivity index (χ1) is 12.3. The first-order valence-electron chi connectivity index (χ1n) is 8.54. The summed E-state index contributed by atoms with van der Waals surface area (Å²) in [6, 6.07) is 5.34.